The topological polar surface area (TPSA) is 49.7 Å². The van der Waals surface area contributed by atoms with Crippen LogP contribution in [0.4, 0.5) is 0 Å². The van der Waals surface area contributed by atoms with Gasteiger partial charge in [0, 0.05) is 31.9 Å². The molecule has 5 nitrogen and oxygen atoms in total. The molecule has 3 aromatic rings. The molecule has 0 spiro atoms. The molecule has 0 bridgehead atoms. The van der Waals surface area contributed by atoms with E-state index in [0.29, 0.717) is 17.9 Å². The van der Waals surface area contributed by atoms with E-state index in [-0.39, 0.29) is 6.54 Å². The third-order valence-electron chi connectivity index (χ3n) is 3.25. The van der Waals surface area contributed by atoms with Crippen molar-refractivity contribution in [2.24, 2.45) is 0 Å². The first kappa shape index (κ1) is 7.59. The van der Waals surface area contributed by atoms with E-state index in [2.05, 4.69) is 15.1 Å². The lowest BCUT2D eigenvalue weighted by molar-refractivity contribution is 0.414. The molecule has 3 rings (SSSR count). The van der Waals surface area contributed by atoms with E-state index in [1.165, 1.54) is 6.33 Å². The number of fused-ring (bicyclic) bond motifs is 1. The minimum atomic E-state index is -2.67. The number of aromatic amines is 1. The summed E-state index contributed by atoms with van der Waals surface area (Å²) in [5.41, 5.74) is 2.81. The Morgan fingerprint density at radius 2 is 2.35 bits per heavy atom. The summed E-state index contributed by atoms with van der Waals surface area (Å²) >= 11 is 0. The monoisotopic (exact) mass is 275 g/mol. The molecule has 0 atom stereocenters. The van der Waals surface area contributed by atoms with Gasteiger partial charge in [-0.1, -0.05) is 6.07 Å². The number of benzene rings is 1. The van der Waals surface area contributed by atoms with Gasteiger partial charge in [-0.25, -0.2) is 9.67 Å². The zero-order valence-electron chi connectivity index (χ0n) is 16.9. The maximum atomic E-state index is 7.46. The first-order chi connectivity index (χ1) is 12.1. The second-order valence-electron chi connectivity index (χ2n) is 4.69. The summed E-state index contributed by atoms with van der Waals surface area (Å²) in [5, 5.41) is 5.02. The summed E-state index contributed by atoms with van der Waals surface area (Å²) < 4.78 is 46.4. The molecule has 0 aliphatic heterocycles. The fourth-order valence-corrected chi connectivity index (χ4v) is 2.26. The largest absolute Gasteiger partial charge is 0.361 e. The van der Waals surface area contributed by atoms with Crippen LogP contribution in [0.2, 0.25) is 0 Å². The molecule has 0 amide bonds. The lowest BCUT2D eigenvalue weighted by atomic mass is 10.1. The smallest absolute Gasteiger partial charge is 0.137 e. The molecular weight excluding hydrogens is 250 g/mol. The first-order valence-corrected chi connectivity index (χ1v) is 6.33. The van der Waals surface area contributed by atoms with Crippen molar-refractivity contribution in [2.45, 2.75) is 13.0 Å². The average molecular weight is 275 g/mol. The Balaban J connectivity index is 1.81. The van der Waals surface area contributed by atoms with E-state index in [1.807, 2.05) is 18.2 Å². The molecule has 2 aromatic heterocycles. The fraction of sp³-hybridized carbons (Fsp3) is 0.333. The predicted molar refractivity (Wildman–Crippen MR) is 79.7 cm³/mol. The van der Waals surface area contributed by atoms with Gasteiger partial charge in [-0.3, -0.25) is 0 Å². The van der Waals surface area contributed by atoms with E-state index in [4.69, 9.17) is 8.22 Å². The Morgan fingerprint density at radius 1 is 1.40 bits per heavy atom. The van der Waals surface area contributed by atoms with Gasteiger partial charge in [0.2, 0.25) is 0 Å². The molecule has 0 aliphatic rings. The van der Waals surface area contributed by atoms with Crippen LogP contribution in [0.1, 0.15) is 19.4 Å². The van der Waals surface area contributed by atoms with E-state index >= 15 is 0 Å². The van der Waals surface area contributed by atoms with Gasteiger partial charge in [-0.15, -0.1) is 0 Å². The van der Waals surface area contributed by atoms with E-state index in [0.717, 1.165) is 22.0 Å². The van der Waals surface area contributed by atoms with Gasteiger partial charge in [0.1, 0.15) is 12.7 Å². The van der Waals surface area contributed by atoms with E-state index < -0.39 is 14.0 Å². The Kier molecular flexibility index (Phi) is 2.07. The molecular formula is C15H19N5. The van der Waals surface area contributed by atoms with Crippen LogP contribution < -0.4 is 0 Å². The van der Waals surface area contributed by atoms with Crippen LogP contribution in [0.5, 0.6) is 0 Å². The van der Waals surface area contributed by atoms with Crippen molar-refractivity contribution in [3.8, 4) is 0 Å². The molecule has 1 aromatic carbocycles. The van der Waals surface area contributed by atoms with Crippen molar-refractivity contribution >= 4 is 10.9 Å². The van der Waals surface area contributed by atoms with Crippen LogP contribution >= 0.6 is 0 Å². The van der Waals surface area contributed by atoms with Crippen LogP contribution in [-0.2, 0) is 13.0 Å². The zero-order valence-corrected chi connectivity index (χ0v) is 10.9. The molecule has 1 N–H and O–H groups in total. The van der Waals surface area contributed by atoms with Crippen molar-refractivity contribution in [3.63, 3.8) is 0 Å². The van der Waals surface area contributed by atoms with E-state index in [1.54, 1.807) is 17.2 Å². The quantitative estimate of drug-likeness (QED) is 0.774. The summed E-state index contributed by atoms with van der Waals surface area (Å²) in [6.45, 7) is -4.87. The van der Waals surface area contributed by atoms with Crippen LogP contribution in [0.15, 0.2) is 37.1 Å². The first-order valence-electron chi connectivity index (χ1n) is 9.33. The van der Waals surface area contributed by atoms with Crippen LogP contribution in [-0.4, -0.2) is 45.1 Å². The summed E-state index contributed by atoms with van der Waals surface area (Å²) in [4.78, 5) is 7.64. The lowest BCUT2D eigenvalue weighted by Gasteiger charge is -2.08. The van der Waals surface area contributed by atoms with E-state index in [9.17, 15) is 0 Å². The molecule has 20 heavy (non-hydrogen) atoms. The summed E-state index contributed by atoms with van der Waals surface area (Å²) in [6, 6.07) is 5.91. The minimum absolute atomic E-state index is 0.0900. The van der Waals surface area contributed by atoms with Crippen molar-refractivity contribution < 1.29 is 8.22 Å². The number of likely N-dealkylation sites (N-methyl/N-ethyl adjacent to an activating group) is 1. The van der Waals surface area contributed by atoms with Gasteiger partial charge in [-0.2, -0.15) is 5.10 Å². The SMILES string of the molecule is [2H]C([2H])([2H])N(CCc1c[nH]c2ccc(Cn3cncn3)cc12)C([2H])([2H])[2H]. The third-order valence-corrected chi connectivity index (χ3v) is 3.25. The van der Waals surface area contributed by atoms with Crippen LogP contribution in [0.25, 0.3) is 10.9 Å². The van der Waals surface area contributed by atoms with Gasteiger partial charge in [0.05, 0.1) is 6.54 Å². The zero-order chi connectivity index (χ0) is 18.9. The van der Waals surface area contributed by atoms with Crippen molar-refractivity contribution in [3.05, 3.63) is 48.2 Å². The van der Waals surface area contributed by atoms with Crippen LogP contribution in [0, 0.1) is 0 Å². The van der Waals surface area contributed by atoms with Gasteiger partial charge < -0.3 is 9.88 Å². The molecule has 5 heteroatoms. The summed E-state index contributed by atoms with van der Waals surface area (Å²) in [7, 11) is 0. The second-order valence-corrected chi connectivity index (χ2v) is 4.69. The lowest BCUT2D eigenvalue weighted by Crippen LogP contribution is -2.14. The van der Waals surface area contributed by atoms with Gasteiger partial charge in [0.15, 0.2) is 0 Å². The number of H-pyrrole nitrogens is 1. The number of aromatic nitrogens is 4. The Bertz CT molecular complexity index is 851. The average Bonchev–Trinajstić information content (AvgIpc) is 3.15. The third kappa shape index (κ3) is 2.72. The highest BCUT2D eigenvalue weighted by molar-refractivity contribution is 5.83. The van der Waals surface area contributed by atoms with Crippen LogP contribution in [0.3, 0.4) is 0 Å². The molecule has 0 unspecified atom stereocenters. The molecule has 0 saturated heterocycles. The van der Waals surface area contributed by atoms with Gasteiger partial charge >= 0.3 is 0 Å². The van der Waals surface area contributed by atoms with Gasteiger partial charge in [0.25, 0.3) is 0 Å². The summed E-state index contributed by atoms with van der Waals surface area (Å²) in [6.07, 6.45) is 5.20. The highest BCUT2D eigenvalue weighted by Crippen LogP contribution is 2.21. The minimum Gasteiger partial charge on any atom is -0.361 e. The number of hydrogen-bond donors (Lipinski definition) is 1. The highest BCUT2D eigenvalue weighted by Gasteiger charge is 2.06. The number of hydrogen-bond acceptors (Lipinski definition) is 3. The maximum Gasteiger partial charge on any atom is 0.137 e. The van der Waals surface area contributed by atoms with Crippen molar-refractivity contribution in [1.82, 2.24) is 24.6 Å². The highest BCUT2D eigenvalue weighted by atomic mass is 15.3. The Hall–Kier alpha value is -2.14. The predicted octanol–water partition coefficient (Wildman–Crippen LogP) is 1.91. The van der Waals surface area contributed by atoms with Crippen molar-refractivity contribution in [2.75, 3.05) is 20.5 Å². The second kappa shape index (κ2) is 5.46. The molecule has 0 fully saturated rings. The van der Waals surface area contributed by atoms with Crippen molar-refractivity contribution in [1.29, 1.82) is 0 Å². The normalized spacial score (nSPS) is 17.2. The maximum absolute atomic E-state index is 7.46. The molecule has 0 saturated carbocycles. The molecule has 2 heterocycles. The number of nitrogens with one attached hydrogen (secondary N) is 1. The van der Waals surface area contributed by atoms with Gasteiger partial charge in [-0.05, 0) is 43.6 Å². The number of nitrogens with zero attached hydrogens (tertiary/aromatic N) is 4. The Morgan fingerprint density at radius 3 is 3.15 bits per heavy atom. The fourth-order valence-electron chi connectivity index (χ4n) is 2.26. The Labute approximate surface area is 126 Å². The molecule has 0 aliphatic carbocycles. The number of rotatable bonds is 5. The standard InChI is InChI=1S/C15H19N5/c1-19(2)6-5-13-8-17-15-4-3-12(7-14(13)15)9-20-11-16-10-18-20/h3-4,7-8,10-11,17H,5-6,9H2,1-2H3/i1D3,2D3. The summed E-state index contributed by atoms with van der Waals surface area (Å²) in [5.74, 6) is 0. The molecule has 0 radical (unpaired) electrons. The molecule has 104 valence electrons.